The van der Waals surface area contributed by atoms with Crippen LogP contribution >= 0.6 is 0 Å². The number of hydrogen-bond acceptors (Lipinski definition) is 2. The quantitative estimate of drug-likeness (QED) is 0.717. The molecule has 0 aliphatic rings. The van der Waals surface area contributed by atoms with Crippen LogP contribution in [0.1, 0.15) is 44.9 Å². The molecule has 0 aliphatic carbocycles. The van der Waals surface area contributed by atoms with Crippen LogP contribution in [-0.4, -0.2) is 9.97 Å². The predicted octanol–water partition coefficient (Wildman–Crippen LogP) is 4.09. The zero-order chi connectivity index (χ0) is 12.1. The third kappa shape index (κ3) is 2.78. The van der Waals surface area contributed by atoms with E-state index in [0.29, 0.717) is 5.92 Å². The topological polar surface area (TPSA) is 25.8 Å². The second kappa shape index (κ2) is 5.59. The number of aromatic nitrogens is 2. The first kappa shape index (κ1) is 12.6. The van der Waals surface area contributed by atoms with Gasteiger partial charge in [0.05, 0.1) is 16.7 Å². The molecule has 16 heavy (non-hydrogen) atoms. The maximum absolute atomic E-state index is 4.57. The van der Waals surface area contributed by atoms with Gasteiger partial charge in [0.1, 0.15) is 0 Å². The molecule has 0 saturated heterocycles. The van der Waals surface area contributed by atoms with Crippen LogP contribution in [0.15, 0.2) is 24.4 Å². The maximum Gasteiger partial charge on any atom is 0.0892 e. The van der Waals surface area contributed by atoms with E-state index in [4.69, 9.17) is 0 Å². The van der Waals surface area contributed by atoms with Gasteiger partial charge < -0.3 is 0 Å². The van der Waals surface area contributed by atoms with E-state index in [-0.39, 0.29) is 0 Å². The lowest BCUT2D eigenvalue weighted by Gasteiger charge is -2.05. The van der Waals surface area contributed by atoms with Gasteiger partial charge in [-0.1, -0.05) is 33.8 Å². The molecule has 0 atom stereocenters. The average molecular weight is 216 g/mol. The Morgan fingerprint density at radius 3 is 2.38 bits per heavy atom. The van der Waals surface area contributed by atoms with Crippen LogP contribution in [0, 0.1) is 6.92 Å². The van der Waals surface area contributed by atoms with Crippen molar-refractivity contribution in [2.75, 3.05) is 0 Å². The highest BCUT2D eigenvalue weighted by Crippen LogP contribution is 2.15. The van der Waals surface area contributed by atoms with Crippen molar-refractivity contribution in [3.63, 3.8) is 0 Å². The summed E-state index contributed by atoms with van der Waals surface area (Å²) in [5, 5.41) is 0. The van der Waals surface area contributed by atoms with Gasteiger partial charge in [-0.05, 0) is 30.5 Å². The first-order valence-corrected chi connectivity index (χ1v) is 5.90. The summed E-state index contributed by atoms with van der Waals surface area (Å²) in [7, 11) is 0. The van der Waals surface area contributed by atoms with Crippen LogP contribution in [0.25, 0.3) is 11.0 Å². The normalized spacial score (nSPS) is 10.1. The van der Waals surface area contributed by atoms with Crippen LogP contribution in [0.2, 0.25) is 0 Å². The molecular formula is C14H20N2. The molecule has 0 radical (unpaired) electrons. The molecular weight excluding hydrogens is 196 g/mol. The van der Waals surface area contributed by atoms with E-state index in [1.807, 2.05) is 26.1 Å². The van der Waals surface area contributed by atoms with Crippen LogP contribution < -0.4 is 0 Å². The fourth-order valence-electron chi connectivity index (χ4n) is 1.41. The van der Waals surface area contributed by atoms with E-state index in [0.717, 1.165) is 16.7 Å². The Morgan fingerprint density at radius 2 is 1.75 bits per heavy atom. The number of nitrogens with zero attached hydrogens (tertiary/aromatic N) is 2. The third-order valence-corrected chi connectivity index (χ3v) is 2.31. The van der Waals surface area contributed by atoms with Crippen molar-refractivity contribution in [1.29, 1.82) is 0 Å². The second-order valence-electron chi connectivity index (χ2n) is 3.94. The standard InChI is InChI=1S/C12H14N2.C2H6/c1-8(2)12-7-13-10-5-4-9(3)6-11(10)14-12;1-2/h4-8H,1-3H3;1-2H3. The molecule has 0 aliphatic heterocycles. The largest absolute Gasteiger partial charge is 0.253 e. The summed E-state index contributed by atoms with van der Waals surface area (Å²) in [5.74, 6) is 0.437. The van der Waals surface area contributed by atoms with Crippen molar-refractivity contribution in [2.45, 2.75) is 40.5 Å². The number of hydrogen-bond donors (Lipinski definition) is 0. The zero-order valence-corrected chi connectivity index (χ0v) is 10.8. The van der Waals surface area contributed by atoms with Crippen molar-refractivity contribution < 1.29 is 0 Å². The lowest BCUT2D eigenvalue weighted by Crippen LogP contribution is -1.95. The molecule has 1 heterocycles. The summed E-state index contributed by atoms with van der Waals surface area (Å²) < 4.78 is 0. The summed E-state index contributed by atoms with van der Waals surface area (Å²) in [6.45, 7) is 10.3. The van der Waals surface area contributed by atoms with Gasteiger partial charge in [0.25, 0.3) is 0 Å². The first-order chi connectivity index (χ1) is 7.66. The van der Waals surface area contributed by atoms with E-state index in [1.165, 1.54) is 5.56 Å². The fraction of sp³-hybridized carbons (Fsp3) is 0.429. The van der Waals surface area contributed by atoms with Gasteiger partial charge in [0.2, 0.25) is 0 Å². The molecule has 86 valence electrons. The van der Waals surface area contributed by atoms with Gasteiger partial charge >= 0.3 is 0 Å². The summed E-state index contributed by atoms with van der Waals surface area (Å²) in [6.07, 6.45) is 1.86. The Kier molecular flexibility index (Phi) is 4.41. The summed E-state index contributed by atoms with van der Waals surface area (Å²) >= 11 is 0. The molecule has 0 unspecified atom stereocenters. The lowest BCUT2D eigenvalue weighted by molar-refractivity contribution is 0.822. The Morgan fingerprint density at radius 1 is 1.06 bits per heavy atom. The van der Waals surface area contributed by atoms with Crippen LogP contribution in [0.3, 0.4) is 0 Å². The lowest BCUT2D eigenvalue weighted by atomic mass is 10.1. The van der Waals surface area contributed by atoms with Crippen LogP contribution in [0.4, 0.5) is 0 Å². The molecule has 2 heteroatoms. The number of rotatable bonds is 1. The van der Waals surface area contributed by atoms with Gasteiger partial charge in [0, 0.05) is 6.20 Å². The SMILES string of the molecule is CC.Cc1ccc2ncc(C(C)C)nc2c1. The molecule has 0 N–H and O–H groups in total. The zero-order valence-electron chi connectivity index (χ0n) is 10.8. The highest BCUT2D eigenvalue weighted by Gasteiger charge is 2.03. The van der Waals surface area contributed by atoms with Crippen LogP contribution in [-0.2, 0) is 0 Å². The number of benzene rings is 1. The minimum absolute atomic E-state index is 0.437. The Labute approximate surface area is 97.7 Å². The van der Waals surface area contributed by atoms with Gasteiger partial charge in [-0.2, -0.15) is 0 Å². The van der Waals surface area contributed by atoms with E-state index < -0.39 is 0 Å². The van der Waals surface area contributed by atoms with Gasteiger partial charge in [-0.15, -0.1) is 0 Å². The maximum atomic E-state index is 4.57. The van der Waals surface area contributed by atoms with Crippen LogP contribution in [0.5, 0.6) is 0 Å². The molecule has 1 aromatic carbocycles. The number of fused-ring (bicyclic) bond motifs is 1. The molecule has 2 rings (SSSR count). The predicted molar refractivity (Wildman–Crippen MR) is 69.7 cm³/mol. The molecule has 0 bridgehead atoms. The van der Waals surface area contributed by atoms with Gasteiger partial charge in [0.15, 0.2) is 0 Å². The highest BCUT2D eigenvalue weighted by atomic mass is 14.8. The minimum Gasteiger partial charge on any atom is -0.253 e. The van der Waals surface area contributed by atoms with Crippen molar-refractivity contribution in [2.24, 2.45) is 0 Å². The molecule has 0 amide bonds. The van der Waals surface area contributed by atoms with Crippen molar-refractivity contribution in [1.82, 2.24) is 9.97 Å². The Hall–Kier alpha value is -1.44. The van der Waals surface area contributed by atoms with E-state index in [1.54, 1.807) is 0 Å². The summed E-state index contributed by atoms with van der Waals surface area (Å²) in [5.41, 5.74) is 4.26. The smallest absolute Gasteiger partial charge is 0.0892 e. The summed E-state index contributed by atoms with van der Waals surface area (Å²) in [6, 6.07) is 6.15. The van der Waals surface area contributed by atoms with E-state index in [2.05, 4.69) is 42.9 Å². The van der Waals surface area contributed by atoms with Crippen molar-refractivity contribution >= 4 is 11.0 Å². The van der Waals surface area contributed by atoms with E-state index >= 15 is 0 Å². The first-order valence-electron chi connectivity index (χ1n) is 5.90. The van der Waals surface area contributed by atoms with E-state index in [9.17, 15) is 0 Å². The molecule has 2 nitrogen and oxygen atoms in total. The monoisotopic (exact) mass is 216 g/mol. The van der Waals surface area contributed by atoms with Crippen molar-refractivity contribution in [3.05, 3.63) is 35.7 Å². The molecule has 0 saturated carbocycles. The fourth-order valence-corrected chi connectivity index (χ4v) is 1.41. The highest BCUT2D eigenvalue weighted by molar-refractivity contribution is 5.74. The molecule has 2 aromatic rings. The van der Waals surface area contributed by atoms with Crippen molar-refractivity contribution in [3.8, 4) is 0 Å². The second-order valence-corrected chi connectivity index (χ2v) is 3.94. The number of aryl methyl sites for hydroxylation is 1. The Balaban J connectivity index is 0.000000606. The molecule has 1 aromatic heterocycles. The minimum atomic E-state index is 0.437. The van der Waals surface area contributed by atoms with Gasteiger partial charge in [-0.25, -0.2) is 4.98 Å². The average Bonchev–Trinajstić information content (AvgIpc) is 2.30. The molecule has 0 spiro atoms. The summed E-state index contributed by atoms with van der Waals surface area (Å²) in [4.78, 5) is 8.95. The third-order valence-electron chi connectivity index (χ3n) is 2.31. The van der Waals surface area contributed by atoms with Gasteiger partial charge in [-0.3, -0.25) is 4.98 Å². The molecule has 0 fully saturated rings. The Bertz CT molecular complexity index is 461.